The summed E-state index contributed by atoms with van der Waals surface area (Å²) in [6.45, 7) is 1.98. The summed E-state index contributed by atoms with van der Waals surface area (Å²) < 4.78 is -1.77. The first-order valence-electron chi connectivity index (χ1n) is 6.28. The van der Waals surface area contributed by atoms with Gasteiger partial charge < -0.3 is 20.9 Å². The normalized spacial score (nSPS) is 12.3. The third-order valence-electron chi connectivity index (χ3n) is 2.59. The number of nitrogens with one attached hydrogen (secondary N) is 3. The molecule has 0 saturated carbocycles. The number of urea groups is 1. The Kier molecular flexibility index (Phi) is 6.99. The molecule has 0 aliphatic rings. The van der Waals surface area contributed by atoms with Crippen LogP contribution < -0.4 is 16.0 Å². The van der Waals surface area contributed by atoms with E-state index in [0.29, 0.717) is 0 Å². The third kappa shape index (κ3) is 6.44. The number of hydrogen-bond acceptors (Lipinski definition) is 2. The van der Waals surface area contributed by atoms with E-state index in [4.69, 9.17) is 47.0 Å². The van der Waals surface area contributed by atoms with Crippen LogP contribution in [-0.4, -0.2) is 40.1 Å². The van der Waals surface area contributed by atoms with Crippen molar-refractivity contribution in [1.82, 2.24) is 15.5 Å². The number of rotatable bonds is 3. The predicted octanol–water partition coefficient (Wildman–Crippen LogP) is 3.25. The predicted molar refractivity (Wildman–Crippen MR) is 96.8 cm³/mol. The molecule has 0 fully saturated rings. The Morgan fingerprint density at radius 2 is 1.73 bits per heavy atom. The highest BCUT2D eigenvalue weighted by Crippen LogP contribution is 2.29. The van der Waals surface area contributed by atoms with E-state index in [1.807, 2.05) is 31.2 Å². The Balaban J connectivity index is 2.70. The molecule has 122 valence electrons. The molecule has 1 atom stereocenters. The summed E-state index contributed by atoms with van der Waals surface area (Å²) in [5.41, 5.74) is 1.91. The Hall–Kier alpha value is -0.950. The van der Waals surface area contributed by atoms with E-state index in [1.54, 1.807) is 14.1 Å². The summed E-state index contributed by atoms with van der Waals surface area (Å²) in [6, 6.07) is 7.19. The van der Waals surface area contributed by atoms with Crippen molar-refractivity contribution in [3.63, 3.8) is 0 Å². The van der Waals surface area contributed by atoms with Gasteiger partial charge in [-0.2, -0.15) is 0 Å². The van der Waals surface area contributed by atoms with E-state index in [9.17, 15) is 4.79 Å². The molecule has 5 nitrogen and oxygen atoms in total. The maximum atomic E-state index is 11.7. The number of halogens is 3. The lowest BCUT2D eigenvalue weighted by Gasteiger charge is -2.28. The van der Waals surface area contributed by atoms with Crippen LogP contribution in [0.4, 0.5) is 10.5 Å². The number of benzene rings is 1. The lowest BCUT2D eigenvalue weighted by molar-refractivity contribution is 0.212. The van der Waals surface area contributed by atoms with Gasteiger partial charge in [-0.15, -0.1) is 0 Å². The fourth-order valence-corrected chi connectivity index (χ4v) is 1.95. The van der Waals surface area contributed by atoms with Crippen molar-refractivity contribution in [3.8, 4) is 0 Å². The summed E-state index contributed by atoms with van der Waals surface area (Å²) in [4.78, 5) is 13.0. The molecule has 3 N–H and O–H groups in total. The van der Waals surface area contributed by atoms with E-state index in [0.717, 1.165) is 11.3 Å². The number of hydrogen-bond donors (Lipinski definition) is 3. The summed E-state index contributed by atoms with van der Waals surface area (Å²) in [5.74, 6) is 0. The van der Waals surface area contributed by atoms with Gasteiger partial charge in [-0.05, 0) is 31.3 Å². The van der Waals surface area contributed by atoms with Gasteiger partial charge in [-0.25, -0.2) is 4.79 Å². The minimum Gasteiger partial charge on any atom is -0.339 e. The first kappa shape index (κ1) is 19.1. The molecule has 9 heteroatoms. The van der Waals surface area contributed by atoms with Crippen LogP contribution in [0.15, 0.2) is 24.3 Å². The van der Waals surface area contributed by atoms with Crippen LogP contribution in [0.2, 0.25) is 0 Å². The van der Waals surface area contributed by atoms with Crippen LogP contribution in [0.25, 0.3) is 0 Å². The SMILES string of the molecule is Cc1ccc(NC(=S)N[C@@H](NC(=O)N(C)C)C(Cl)(Cl)Cl)cc1. The molecular formula is C13H17Cl3N4OS. The first-order valence-corrected chi connectivity index (χ1v) is 7.82. The molecule has 22 heavy (non-hydrogen) atoms. The Morgan fingerprint density at radius 3 is 2.18 bits per heavy atom. The van der Waals surface area contributed by atoms with E-state index >= 15 is 0 Å². The van der Waals surface area contributed by atoms with Crippen molar-refractivity contribution in [3.05, 3.63) is 29.8 Å². The summed E-state index contributed by atoms with van der Waals surface area (Å²) >= 11 is 22.8. The van der Waals surface area contributed by atoms with Crippen molar-refractivity contribution in [1.29, 1.82) is 0 Å². The number of aryl methyl sites for hydroxylation is 1. The Bertz CT molecular complexity index is 531. The molecule has 0 radical (unpaired) electrons. The molecule has 1 rings (SSSR count). The topological polar surface area (TPSA) is 56.4 Å². The van der Waals surface area contributed by atoms with Crippen LogP contribution in [0.1, 0.15) is 5.56 Å². The minimum absolute atomic E-state index is 0.222. The molecular weight excluding hydrogens is 367 g/mol. The zero-order valence-corrected chi connectivity index (χ0v) is 15.4. The molecule has 0 saturated heterocycles. The van der Waals surface area contributed by atoms with Crippen molar-refractivity contribution in [2.45, 2.75) is 16.9 Å². The van der Waals surface area contributed by atoms with Gasteiger partial charge in [0.1, 0.15) is 0 Å². The summed E-state index contributed by atoms with van der Waals surface area (Å²) in [5, 5.41) is 8.48. The van der Waals surface area contributed by atoms with Crippen LogP contribution in [-0.2, 0) is 0 Å². The standard InChI is InChI=1S/C13H17Cl3N4OS/c1-8-4-6-9(7-5-8)17-11(22)18-10(13(14,15)16)19-12(21)20(2)3/h4-7,10H,1-3H3,(H,19,21)(H2,17,18,22)/t10-/m0/s1. The van der Waals surface area contributed by atoms with Crippen molar-refractivity contribution >= 4 is 63.9 Å². The zero-order valence-electron chi connectivity index (χ0n) is 12.3. The summed E-state index contributed by atoms with van der Waals surface area (Å²) in [7, 11) is 3.15. The van der Waals surface area contributed by atoms with Gasteiger partial charge in [0, 0.05) is 19.8 Å². The second kappa shape index (κ2) is 8.06. The molecule has 0 spiro atoms. The number of nitrogens with zero attached hydrogens (tertiary/aromatic N) is 1. The van der Waals surface area contributed by atoms with Crippen molar-refractivity contribution < 1.29 is 4.79 Å². The highest BCUT2D eigenvalue weighted by Gasteiger charge is 2.35. The van der Waals surface area contributed by atoms with Gasteiger partial charge in [-0.1, -0.05) is 52.5 Å². The van der Waals surface area contributed by atoms with Gasteiger partial charge in [0.25, 0.3) is 0 Å². The number of anilines is 1. The molecule has 0 unspecified atom stereocenters. The third-order valence-corrected chi connectivity index (χ3v) is 3.46. The number of carbonyl (C=O) groups is 1. The van der Waals surface area contributed by atoms with E-state index in [2.05, 4.69) is 16.0 Å². The maximum Gasteiger partial charge on any atom is 0.318 e. The number of alkyl halides is 3. The van der Waals surface area contributed by atoms with Gasteiger partial charge >= 0.3 is 6.03 Å². The molecule has 0 bridgehead atoms. The molecule has 0 aliphatic carbocycles. The average Bonchev–Trinajstić information content (AvgIpc) is 2.39. The van der Waals surface area contributed by atoms with Gasteiger partial charge in [-0.3, -0.25) is 0 Å². The van der Waals surface area contributed by atoms with Crippen LogP contribution >= 0.6 is 47.0 Å². The van der Waals surface area contributed by atoms with Crippen LogP contribution in [0.3, 0.4) is 0 Å². The highest BCUT2D eigenvalue weighted by molar-refractivity contribution is 7.80. The summed E-state index contributed by atoms with van der Waals surface area (Å²) in [6.07, 6.45) is -0.988. The number of thiocarbonyl (C=S) groups is 1. The second-order valence-corrected chi connectivity index (χ2v) is 7.56. The molecule has 0 aromatic heterocycles. The van der Waals surface area contributed by atoms with Crippen molar-refractivity contribution in [2.75, 3.05) is 19.4 Å². The minimum atomic E-state index is -1.77. The molecule has 1 aromatic rings. The van der Waals surface area contributed by atoms with E-state index in [1.165, 1.54) is 4.90 Å². The van der Waals surface area contributed by atoms with Crippen molar-refractivity contribution in [2.24, 2.45) is 0 Å². The molecule has 0 aliphatic heterocycles. The van der Waals surface area contributed by atoms with E-state index < -0.39 is 16.0 Å². The largest absolute Gasteiger partial charge is 0.339 e. The smallest absolute Gasteiger partial charge is 0.318 e. The lowest BCUT2D eigenvalue weighted by atomic mass is 10.2. The quantitative estimate of drug-likeness (QED) is 0.426. The molecule has 0 heterocycles. The lowest BCUT2D eigenvalue weighted by Crippen LogP contribution is -2.57. The van der Waals surface area contributed by atoms with Gasteiger partial charge in [0.15, 0.2) is 11.3 Å². The van der Waals surface area contributed by atoms with E-state index in [-0.39, 0.29) is 5.11 Å². The first-order chi connectivity index (χ1) is 10.1. The number of carbonyl (C=O) groups excluding carboxylic acids is 1. The van der Waals surface area contributed by atoms with Gasteiger partial charge in [0.05, 0.1) is 0 Å². The fourth-order valence-electron chi connectivity index (χ4n) is 1.39. The number of amides is 2. The molecule has 2 amide bonds. The fraction of sp³-hybridized carbons (Fsp3) is 0.385. The monoisotopic (exact) mass is 382 g/mol. The van der Waals surface area contributed by atoms with Gasteiger partial charge in [0.2, 0.25) is 3.79 Å². The Labute approximate surface area is 150 Å². The van der Waals surface area contributed by atoms with Crippen LogP contribution in [0, 0.1) is 6.92 Å². The van der Waals surface area contributed by atoms with Crippen LogP contribution in [0.5, 0.6) is 0 Å². The average molecular weight is 384 g/mol. The highest BCUT2D eigenvalue weighted by atomic mass is 35.6. The second-order valence-electron chi connectivity index (χ2n) is 4.78. The Morgan fingerprint density at radius 1 is 1.18 bits per heavy atom. The maximum absolute atomic E-state index is 11.7. The molecule has 1 aromatic carbocycles. The zero-order chi connectivity index (χ0) is 16.9.